The van der Waals surface area contributed by atoms with Crippen molar-refractivity contribution in [3.8, 4) is 11.1 Å². The molecule has 1 aliphatic rings. The largest absolute Gasteiger partial charge is 0.392 e. The number of H-pyrrole nitrogens is 1. The Labute approximate surface area is 186 Å². The Kier molecular flexibility index (Phi) is 5.84. The molecule has 166 valence electrons. The molecule has 1 aliphatic heterocycles. The van der Waals surface area contributed by atoms with Crippen molar-refractivity contribution in [1.82, 2.24) is 14.8 Å². The van der Waals surface area contributed by atoms with Crippen LogP contribution in [-0.2, 0) is 11.4 Å². The highest BCUT2D eigenvalue weighted by molar-refractivity contribution is 6.04. The van der Waals surface area contributed by atoms with Crippen LogP contribution in [0.1, 0.15) is 35.0 Å². The van der Waals surface area contributed by atoms with E-state index in [0.29, 0.717) is 36.2 Å². The second kappa shape index (κ2) is 8.59. The van der Waals surface area contributed by atoms with Crippen LogP contribution in [0.5, 0.6) is 0 Å². The molecular weight excluding hydrogens is 409 g/mol. The summed E-state index contributed by atoms with van der Waals surface area (Å²) in [6, 6.07) is 10.9. The Morgan fingerprint density at radius 2 is 1.88 bits per heavy atom. The maximum atomic E-state index is 15.7. The van der Waals surface area contributed by atoms with E-state index in [0.717, 1.165) is 22.3 Å². The van der Waals surface area contributed by atoms with Crippen molar-refractivity contribution < 1.29 is 19.1 Å². The molecule has 0 spiro atoms. The number of aromatic amines is 1. The van der Waals surface area contributed by atoms with Gasteiger partial charge in [0.05, 0.1) is 12.1 Å². The molecule has 0 saturated carbocycles. The minimum absolute atomic E-state index is 0.0457. The van der Waals surface area contributed by atoms with Crippen molar-refractivity contribution >= 4 is 28.3 Å². The van der Waals surface area contributed by atoms with E-state index < -0.39 is 5.82 Å². The Hall–Kier alpha value is -3.45. The van der Waals surface area contributed by atoms with E-state index in [1.807, 2.05) is 30.3 Å². The van der Waals surface area contributed by atoms with E-state index in [1.165, 1.54) is 11.8 Å². The zero-order valence-corrected chi connectivity index (χ0v) is 18.4. The Morgan fingerprint density at radius 3 is 2.50 bits per heavy atom. The summed E-state index contributed by atoms with van der Waals surface area (Å²) in [5.74, 6) is -0.732. The normalized spacial score (nSPS) is 13.9. The van der Waals surface area contributed by atoms with Crippen LogP contribution in [0.25, 0.3) is 27.6 Å². The summed E-state index contributed by atoms with van der Waals surface area (Å²) in [6.45, 7) is 2.40. The molecule has 0 atom stereocenters. The van der Waals surface area contributed by atoms with Gasteiger partial charge in [0.15, 0.2) is 5.82 Å². The summed E-state index contributed by atoms with van der Waals surface area (Å²) >= 11 is 0. The number of aliphatic hydroxyl groups is 1. The molecule has 1 aromatic heterocycles. The van der Waals surface area contributed by atoms with E-state index in [2.05, 4.69) is 4.98 Å². The minimum atomic E-state index is -0.440. The van der Waals surface area contributed by atoms with Crippen LogP contribution in [0, 0.1) is 5.82 Å². The van der Waals surface area contributed by atoms with Gasteiger partial charge in [-0.2, -0.15) is 0 Å². The van der Waals surface area contributed by atoms with Crippen LogP contribution in [0.2, 0.25) is 0 Å². The van der Waals surface area contributed by atoms with E-state index in [-0.39, 0.29) is 23.9 Å². The second-order valence-corrected chi connectivity index (χ2v) is 8.27. The van der Waals surface area contributed by atoms with Crippen LogP contribution in [0.4, 0.5) is 4.39 Å². The summed E-state index contributed by atoms with van der Waals surface area (Å²) in [7, 11) is 3.29. The molecule has 0 aliphatic carbocycles. The number of aliphatic hydroxyl groups excluding tert-OH is 1. The average Bonchev–Trinajstić information content (AvgIpc) is 3.25. The third-order valence-electron chi connectivity index (χ3n) is 5.88. The molecule has 3 aromatic rings. The summed E-state index contributed by atoms with van der Waals surface area (Å²) in [5, 5.41) is 9.98. The number of carbonyl (C=O) groups excluding carboxylic acids is 2. The molecule has 0 unspecified atom stereocenters. The zero-order chi connectivity index (χ0) is 23.0. The SMILES string of the molecule is CC(=O)N1CCC=C(c2cc(-c3ccc(CO)cc3)c3cc(C(=O)N(C)C)[nH]c3c2F)C1. The van der Waals surface area contributed by atoms with Gasteiger partial charge in [0.25, 0.3) is 5.91 Å². The number of nitrogens with zero attached hydrogens (tertiary/aromatic N) is 2. The van der Waals surface area contributed by atoms with Crippen LogP contribution >= 0.6 is 0 Å². The number of benzene rings is 2. The number of nitrogens with one attached hydrogen (secondary N) is 1. The highest BCUT2D eigenvalue weighted by Gasteiger charge is 2.24. The van der Waals surface area contributed by atoms with Gasteiger partial charge < -0.3 is 19.9 Å². The van der Waals surface area contributed by atoms with Crippen molar-refractivity contribution in [2.75, 3.05) is 27.2 Å². The monoisotopic (exact) mass is 435 g/mol. The first-order valence-electron chi connectivity index (χ1n) is 10.5. The Morgan fingerprint density at radius 1 is 1.16 bits per heavy atom. The standard InChI is InChI=1S/C25H26FN3O3/c1-15(31)29-10-4-5-18(13-29)20-11-19(17-8-6-16(14-30)7-9-17)21-12-22(25(32)28(2)3)27-24(21)23(20)26/h5-9,11-12,27,30H,4,10,13-14H2,1-3H3. The number of halogens is 1. The molecule has 2 N–H and O–H groups in total. The van der Waals surface area contributed by atoms with E-state index in [1.54, 1.807) is 31.1 Å². The molecule has 4 rings (SSSR count). The molecule has 2 amide bonds. The van der Waals surface area contributed by atoms with Gasteiger partial charge in [0.2, 0.25) is 5.91 Å². The highest BCUT2D eigenvalue weighted by Crippen LogP contribution is 2.37. The fourth-order valence-electron chi connectivity index (χ4n) is 4.09. The molecule has 6 nitrogen and oxygen atoms in total. The number of aromatic nitrogens is 1. The molecule has 0 bridgehead atoms. The third-order valence-corrected chi connectivity index (χ3v) is 5.88. The van der Waals surface area contributed by atoms with Crippen molar-refractivity contribution in [3.63, 3.8) is 0 Å². The van der Waals surface area contributed by atoms with Crippen LogP contribution in [-0.4, -0.2) is 58.9 Å². The van der Waals surface area contributed by atoms with Crippen molar-refractivity contribution in [1.29, 1.82) is 0 Å². The van der Waals surface area contributed by atoms with Gasteiger partial charge in [-0.15, -0.1) is 0 Å². The summed E-state index contributed by atoms with van der Waals surface area (Å²) in [4.78, 5) is 30.6. The quantitative estimate of drug-likeness (QED) is 0.654. The van der Waals surface area contributed by atoms with Crippen molar-refractivity contribution in [2.24, 2.45) is 0 Å². The van der Waals surface area contributed by atoms with E-state index in [9.17, 15) is 14.7 Å². The number of hydrogen-bond acceptors (Lipinski definition) is 3. The van der Waals surface area contributed by atoms with Gasteiger partial charge in [-0.25, -0.2) is 4.39 Å². The number of rotatable bonds is 4. The van der Waals surface area contributed by atoms with Crippen molar-refractivity contribution in [3.05, 3.63) is 65.1 Å². The van der Waals surface area contributed by atoms with Gasteiger partial charge in [-0.1, -0.05) is 30.3 Å². The first-order chi connectivity index (χ1) is 15.3. The lowest BCUT2D eigenvalue weighted by atomic mass is 9.93. The molecule has 32 heavy (non-hydrogen) atoms. The predicted molar refractivity (Wildman–Crippen MR) is 122 cm³/mol. The summed E-state index contributed by atoms with van der Waals surface area (Å²) in [5.41, 5.74) is 4.11. The molecule has 0 saturated heterocycles. The van der Waals surface area contributed by atoms with Gasteiger partial charge in [-0.3, -0.25) is 9.59 Å². The fraction of sp³-hybridized carbons (Fsp3) is 0.280. The average molecular weight is 435 g/mol. The van der Waals surface area contributed by atoms with Gasteiger partial charge in [0.1, 0.15) is 5.69 Å². The van der Waals surface area contributed by atoms with Crippen molar-refractivity contribution in [2.45, 2.75) is 20.0 Å². The molecular formula is C25H26FN3O3. The van der Waals surface area contributed by atoms with Crippen LogP contribution < -0.4 is 0 Å². The second-order valence-electron chi connectivity index (χ2n) is 8.27. The maximum absolute atomic E-state index is 15.7. The lowest BCUT2D eigenvalue weighted by Gasteiger charge is -2.27. The maximum Gasteiger partial charge on any atom is 0.269 e. The van der Waals surface area contributed by atoms with E-state index >= 15 is 4.39 Å². The Bertz CT molecular complexity index is 1230. The number of hydrogen-bond donors (Lipinski definition) is 2. The minimum Gasteiger partial charge on any atom is -0.392 e. The number of carbonyl (C=O) groups is 2. The molecule has 2 aromatic carbocycles. The summed E-state index contributed by atoms with van der Waals surface area (Å²) in [6.07, 6.45) is 2.62. The first kappa shape index (κ1) is 21.8. The molecule has 0 fully saturated rings. The zero-order valence-electron chi connectivity index (χ0n) is 18.4. The third kappa shape index (κ3) is 3.91. The molecule has 7 heteroatoms. The fourth-order valence-corrected chi connectivity index (χ4v) is 4.09. The number of amides is 2. The van der Waals surface area contributed by atoms with Crippen LogP contribution in [0.3, 0.4) is 0 Å². The Balaban J connectivity index is 1.93. The highest BCUT2D eigenvalue weighted by atomic mass is 19.1. The van der Waals surface area contributed by atoms with Gasteiger partial charge >= 0.3 is 0 Å². The molecule has 0 radical (unpaired) electrons. The van der Waals surface area contributed by atoms with Crippen LogP contribution in [0.15, 0.2) is 42.5 Å². The van der Waals surface area contributed by atoms with Gasteiger partial charge in [0, 0.05) is 45.1 Å². The summed E-state index contributed by atoms with van der Waals surface area (Å²) < 4.78 is 15.7. The molecule has 2 heterocycles. The lowest BCUT2D eigenvalue weighted by Crippen LogP contribution is -2.33. The smallest absolute Gasteiger partial charge is 0.269 e. The van der Waals surface area contributed by atoms with E-state index in [4.69, 9.17) is 0 Å². The predicted octanol–water partition coefficient (Wildman–Crippen LogP) is 3.80. The topological polar surface area (TPSA) is 76.6 Å². The van der Waals surface area contributed by atoms with Gasteiger partial charge in [-0.05, 0) is 40.8 Å². The lowest BCUT2D eigenvalue weighted by molar-refractivity contribution is -0.128. The number of fused-ring (bicyclic) bond motifs is 1. The first-order valence-corrected chi connectivity index (χ1v) is 10.5.